The highest BCUT2D eigenvalue weighted by atomic mass is 32.2. The average molecular weight is 377 g/mol. The van der Waals surface area contributed by atoms with Gasteiger partial charge in [0, 0.05) is 23.4 Å². The first kappa shape index (κ1) is 16.7. The summed E-state index contributed by atoms with van der Waals surface area (Å²) in [4.78, 5) is -0.0247. The maximum absolute atomic E-state index is 13.4. The van der Waals surface area contributed by atoms with E-state index in [0.717, 1.165) is 21.7 Å². The van der Waals surface area contributed by atoms with Crippen molar-refractivity contribution in [2.75, 3.05) is 19.7 Å². The predicted octanol–water partition coefficient (Wildman–Crippen LogP) is 3.80. The van der Waals surface area contributed by atoms with E-state index in [1.165, 1.54) is 22.5 Å². The van der Waals surface area contributed by atoms with E-state index in [-0.39, 0.29) is 24.1 Å². The fraction of sp³-hybridized carbons (Fsp3) is 0.222. The number of hydrogen-bond acceptors (Lipinski definition) is 4. The third-order valence-electron chi connectivity index (χ3n) is 4.32. The Hall–Kier alpha value is -1.80. The predicted molar refractivity (Wildman–Crippen MR) is 95.7 cm³/mol. The van der Waals surface area contributed by atoms with Crippen LogP contribution in [0.2, 0.25) is 0 Å². The van der Waals surface area contributed by atoms with E-state index in [1.54, 1.807) is 11.3 Å². The van der Waals surface area contributed by atoms with E-state index in [0.29, 0.717) is 6.61 Å². The molecule has 0 unspecified atom stereocenters. The molecule has 1 aromatic heterocycles. The summed E-state index contributed by atoms with van der Waals surface area (Å²) in [5.41, 5.74) is 1.000. The summed E-state index contributed by atoms with van der Waals surface area (Å²) in [6, 6.07) is 13.1. The zero-order valence-electron chi connectivity index (χ0n) is 13.3. The first-order valence-electron chi connectivity index (χ1n) is 7.89. The van der Waals surface area contributed by atoms with Crippen LogP contribution < -0.4 is 0 Å². The summed E-state index contributed by atoms with van der Waals surface area (Å²) >= 11 is 1.62. The molecule has 1 atom stereocenters. The molecule has 2 heterocycles. The smallest absolute Gasteiger partial charge is 0.243 e. The van der Waals surface area contributed by atoms with Crippen LogP contribution in [0.25, 0.3) is 10.1 Å². The molecule has 4 rings (SSSR count). The minimum absolute atomic E-state index is 0.0247. The molecular formula is C18H16FNO3S2. The van der Waals surface area contributed by atoms with Gasteiger partial charge in [-0.1, -0.05) is 24.3 Å². The van der Waals surface area contributed by atoms with E-state index < -0.39 is 15.8 Å². The molecule has 0 radical (unpaired) electrons. The molecule has 3 aromatic rings. The molecule has 25 heavy (non-hydrogen) atoms. The van der Waals surface area contributed by atoms with Crippen molar-refractivity contribution < 1.29 is 17.5 Å². The zero-order valence-corrected chi connectivity index (χ0v) is 14.9. The number of benzene rings is 2. The van der Waals surface area contributed by atoms with Crippen molar-refractivity contribution in [3.05, 3.63) is 65.3 Å². The molecular weight excluding hydrogens is 361 g/mol. The van der Waals surface area contributed by atoms with Gasteiger partial charge in [-0.15, -0.1) is 11.3 Å². The van der Waals surface area contributed by atoms with Crippen LogP contribution in [0.3, 0.4) is 0 Å². The van der Waals surface area contributed by atoms with Crippen LogP contribution in [0.1, 0.15) is 11.7 Å². The summed E-state index contributed by atoms with van der Waals surface area (Å²) in [5.74, 6) is -0.560. The molecule has 1 aliphatic heterocycles. The molecule has 0 aliphatic carbocycles. The molecule has 1 saturated heterocycles. The van der Waals surface area contributed by atoms with Gasteiger partial charge < -0.3 is 4.74 Å². The average Bonchev–Trinajstić information content (AvgIpc) is 3.06. The molecule has 2 aromatic carbocycles. The fourth-order valence-corrected chi connectivity index (χ4v) is 5.52. The SMILES string of the molecule is O=S(=O)(c1cccc(F)c1)N1CCO[C@H](c2csc3ccccc23)C1. The third-order valence-corrected chi connectivity index (χ3v) is 7.16. The molecule has 0 amide bonds. The second-order valence-corrected chi connectivity index (χ2v) is 8.72. The van der Waals surface area contributed by atoms with Crippen molar-refractivity contribution in [3.8, 4) is 0 Å². The lowest BCUT2D eigenvalue weighted by molar-refractivity contribution is -0.00154. The van der Waals surface area contributed by atoms with Gasteiger partial charge in [0.2, 0.25) is 10.0 Å². The number of thiophene rings is 1. The summed E-state index contributed by atoms with van der Waals surface area (Å²) in [7, 11) is -3.75. The minimum atomic E-state index is -3.75. The Morgan fingerprint density at radius 2 is 2.00 bits per heavy atom. The highest BCUT2D eigenvalue weighted by Crippen LogP contribution is 2.34. The normalized spacial score (nSPS) is 19.3. The highest BCUT2D eigenvalue weighted by Gasteiger charge is 2.32. The van der Waals surface area contributed by atoms with Gasteiger partial charge in [0.25, 0.3) is 0 Å². The first-order chi connectivity index (χ1) is 12.1. The molecule has 7 heteroatoms. The largest absolute Gasteiger partial charge is 0.371 e. The number of fused-ring (bicyclic) bond motifs is 1. The van der Waals surface area contributed by atoms with Crippen LogP contribution in [-0.4, -0.2) is 32.4 Å². The van der Waals surface area contributed by atoms with Crippen molar-refractivity contribution >= 4 is 31.4 Å². The van der Waals surface area contributed by atoms with Crippen LogP contribution in [-0.2, 0) is 14.8 Å². The topological polar surface area (TPSA) is 46.6 Å². The molecule has 0 N–H and O–H groups in total. The van der Waals surface area contributed by atoms with Gasteiger partial charge >= 0.3 is 0 Å². The Bertz CT molecular complexity index is 1020. The van der Waals surface area contributed by atoms with Crippen LogP contribution in [0.15, 0.2) is 58.8 Å². The Morgan fingerprint density at radius 3 is 2.84 bits per heavy atom. The van der Waals surface area contributed by atoms with Crippen LogP contribution in [0.4, 0.5) is 4.39 Å². The van der Waals surface area contributed by atoms with Gasteiger partial charge in [-0.25, -0.2) is 12.8 Å². The van der Waals surface area contributed by atoms with E-state index in [2.05, 4.69) is 0 Å². The lowest BCUT2D eigenvalue weighted by Crippen LogP contribution is -2.42. The molecule has 0 spiro atoms. The van der Waals surface area contributed by atoms with E-state index in [1.807, 2.05) is 29.6 Å². The molecule has 130 valence electrons. The lowest BCUT2D eigenvalue weighted by Gasteiger charge is -2.32. The van der Waals surface area contributed by atoms with Gasteiger partial charge in [0.1, 0.15) is 5.82 Å². The molecule has 1 fully saturated rings. The molecule has 1 aliphatic rings. The zero-order chi connectivity index (χ0) is 17.4. The first-order valence-corrected chi connectivity index (χ1v) is 10.2. The maximum Gasteiger partial charge on any atom is 0.243 e. The number of nitrogens with zero attached hydrogens (tertiary/aromatic N) is 1. The fourth-order valence-electron chi connectivity index (χ4n) is 3.06. The van der Waals surface area contributed by atoms with Crippen molar-refractivity contribution in [2.24, 2.45) is 0 Å². The number of rotatable bonds is 3. The number of hydrogen-bond donors (Lipinski definition) is 0. The summed E-state index contributed by atoms with van der Waals surface area (Å²) in [5, 5.41) is 3.11. The van der Waals surface area contributed by atoms with Gasteiger partial charge in [-0.2, -0.15) is 4.31 Å². The summed E-state index contributed by atoms with van der Waals surface area (Å²) in [6.07, 6.45) is -0.326. The maximum atomic E-state index is 13.4. The highest BCUT2D eigenvalue weighted by molar-refractivity contribution is 7.89. The Labute approximate surface area is 149 Å². The van der Waals surface area contributed by atoms with Crippen molar-refractivity contribution in [2.45, 2.75) is 11.0 Å². The Kier molecular flexibility index (Phi) is 4.33. The van der Waals surface area contributed by atoms with E-state index in [9.17, 15) is 12.8 Å². The monoisotopic (exact) mass is 377 g/mol. The van der Waals surface area contributed by atoms with Gasteiger partial charge in [-0.05, 0) is 35.0 Å². The molecule has 4 nitrogen and oxygen atoms in total. The van der Waals surface area contributed by atoms with Gasteiger partial charge in [0.05, 0.1) is 17.6 Å². The van der Waals surface area contributed by atoms with Gasteiger partial charge in [0.15, 0.2) is 0 Å². The second kappa shape index (κ2) is 6.49. The lowest BCUT2D eigenvalue weighted by atomic mass is 10.1. The van der Waals surface area contributed by atoms with Crippen LogP contribution >= 0.6 is 11.3 Å². The molecule has 0 bridgehead atoms. The standard InChI is InChI=1S/C18H16FNO3S2/c19-13-4-3-5-14(10-13)25(21,22)20-8-9-23-17(11-20)16-12-24-18-7-2-1-6-15(16)18/h1-7,10,12,17H,8-9,11H2/t17-/m0/s1. The number of ether oxygens (including phenoxy) is 1. The third kappa shape index (κ3) is 3.08. The Morgan fingerprint density at radius 1 is 1.16 bits per heavy atom. The van der Waals surface area contributed by atoms with E-state index >= 15 is 0 Å². The quantitative estimate of drug-likeness (QED) is 0.697. The number of sulfonamides is 1. The Balaban J connectivity index is 1.65. The minimum Gasteiger partial charge on any atom is -0.371 e. The van der Waals surface area contributed by atoms with Crippen molar-refractivity contribution in [3.63, 3.8) is 0 Å². The second-order valence-electron chi connectivity index (χ2n) is 5.87. The van der Waals surface area contributed by atoms with Crippen LogP contribution in [0, 0.1) is 5.82 Å². The molecule has 0 saturated carbocycles. The van der Waals surface area contributed by atoms with E-state index in [4.69, 9.17) is 4.74 Å². The van der Waals surface area contributed by atoms with Gasteiger partial charge in [-0.3, -0.25) is 0 Å². The van der Waals surface area contributed by atoms with Crippen LogP contribution in [0.5, 0.6) is 0 Å². The van der Waals surface area contributed by atoms with Crippen molar-refractivity contribution in [1.29, 1.82) is 0 Å². The van der Waals surface area contributed by atoms with Crippen molar-refractivity contribution in [1.82, 2.24) is 4.31 Å². The number of halogens is 1. The summed E-state index contributed by atoms with van der Waals surface area (Å²) < 4.78 is 47.4. The summed E-state index contributed by atoms with van der Waals surface area (Å²) in [6.45, 7) is 0.792. The number of morpholine rings is 1.